The second-order valence-corrected chi connectivity index (χ2v) is 8.81. The largest absolute Gasteiger partial charge is 0.455 e. The predicted molar refractivity (Wildman–Crippen MR) is 129 cm³/mol. The number of amides is 2. The highest BCUT2D eigenvalue weighted by atomic mass is 32.2. The van der Waals surface area contributed by atoms with Gasteiger partial charge in [-0.25, -0.2) is 17.6 Å². The van der Waals surface area contributed by atoms with Gasteiger partial charge in [-0.3, -0.25) is 4.72 Å². The molecule has 0 fully saturated rings. The molecule has 0 bridgehead atoms. The van der Waals surface area contributed by atoms with Gasteiger partial charge < -0.3 is 15.4 Å². The molecule has 4 rings (SSSR count). The van der Waals surface area contributed by atoms with Gasteiger partial charge in [0.25, 0.3) is 10.0 Å². The molecule has 0 spiro atoms. The van der Waals surface area contributed by atoms with Gasteiger partial charge in [0, 0.05) is 11.4 Å². The number of rotatable bonds is 7. The SMILES string of the molecule is O=C(Nc1ccc(S(=O)(=O)Nc2ccc(F)cc2)cc1)Nc1ccccc1Oc1ccccc1. The first-order valence-electron chi connectivity index (χ1n) is 10.2. The van der Waals surface area contributed by atoms with E-state index >= 15 is 0 Å². The third kappa shape index (κ3) is 5.90. The first-order chi connectivity index (χ1) is 16.4. The molecule has 7 nitrogen and oxygen atoms in total. The molecule has 0 radical (unpaired) electrons. The first-order valence-corrected chi connectivity index (χ1v) is 11.7. The molecule has 0 aliphatic heterocycles. The number of ether oxygens (including phenoxy) is 1. The summed E-state index contributed by atoms with van der Waals surface area (Å²) in [7, 11) is -3.87. The van der Waals surface area contributed by atoms with Crippen molar-refractivity contribution in [3.05, 3.63) is 109 Å². The van der Waals surface area contributed by atoms with Gasteiger partial charge in [-0.15, -0.1) is 0 Å². The van der Waals surface area contributed by atoms with Crippen molar-refractivity contribution in [2.24, 2.45) is 0 Å². The van der Waals surface area contributed by atoms with E-state index in [2.05, 4.69) is 15.4 Å². The van der Waals surface area contributed by atoms with Crippen molar-refractivity contribution in [2.45, 2.75) is 4.90 Å². The Hall–Kier alpha value is -4.37. The predicted octanol–water partition coefficient (Wildman–Crippen LogP) is 6.06. The Balaban J connectivity index is 1.40. The van der Waals surface area contributed by atoms with Gasteiger partial charge in [0.2, 0.25) is 0 Å². The van der Waals surface area contributed by atoms with Gasteiger partial charge >= 0.3 is 6.03 Å². The minimum absolute atomic E-state index is 0.00982. The highest BCUT2D eigenvalue weighted by Crippen LogP contribution is 2.29. The highest BCUT2D eigenvalue weighted by molar-refractivity contribution is 7.92. The summed E-state index contributed by atoms with van der Waals surface area (Å²) >= 11 is 0. The van der Waals surface area contributed by atoms with E-state index in [0.29, 0.717) is 22.9 Å². The van der Waals surface area contributed by atoms with E-state index in [0.717, 1.165) is 12.1 Å². The molecule has 3 N–H and O–H groups in total. The van der Waals surface area contributed by atoms with Crippen molar-refractivity contribution in [3.63, 3.8) is 0 Å². The second-order valence-electron chi connectivity index (χ2n) is 7.13. The maximum absolute atomic E-state index is 13.0. The van der Waals surface area contributed by atoms with E-state index in [1.807, 2.05) is 18.2 Å². The van der Waals surface area contributed by atoms with Gasteiger partial charge in [-0.05, 0) is 72.8 Å². The quantitative estimate of drug-likeness (QED) is 0.301. The summed E-state index contributed by atoms with van der Waals surface area (Å²) in [5.41, 5.74) is 1.09. The maximum Gasteiger partial charge on any atom is 0.323 e. The van der Waals surface area contributed by atoms with Crippen molar-refractivity contribution < 1.29 is 22.3 Å². The molecule has 0 atom stereocenters. The second kappa shape index (κ2) is 10.1. The number of hydrogen-bond acceptors (Lipinski definition) is 4. The number of hydrogen-bond donors (Lipinski definition) is 3. The van der Waals surface area contributed by atoms with Crippen LogP contribution >= 0.6 is 0 Å². The van der Waals surface area contributed by atoms with Crippen molar-refractivity contribution >= 4 is 33.1 Å². The van der Waals surface area contributed by atoms with Crippen LogP contribution in [0.1, 0.15) is 0 Å². The number of sulfonamides is 1. The Morgan fingerprint density at radius 2 is 1.32 bits per heavy atom. The zero-order chi connectivity index (χ0) is 24.0. The van der Waals surface area contributed by atoms with Crippen LogP contribution in [-0.2, 0) is 10.0 Å². The fourth-order valence-electron chi connectivity index (χ4n) is 3.01. The summed E-state index contributed by atoms with van der Waals surface area (Å²) in [5, 5.41) is 5.38. The summed E-state index contributed by atoms with van der Waals surface area (Å²) in [6, 6.07) is 26.2. The molecular formula is C25H20FN3O4S. The Labute approximate surface area is 196 Å². The molecule has 4 aromatic carbocycles. The smallest absolute Gasteiger partial charge is 0.323 e. The van der Waals surface area contributed by atoms with Crippen molar-refractivity contribution in [1.82, 2.24) is 0 Å². The number of halogens is 1. The summed E-state index contributed by atoms with van der Waals surface area (Å²) in [5.74, 6) is 0.631. The molecule has 9 heteroatoms. The molecular weight excluding hydrogens is 457 g/mol. The van der Waals surface area contributed by atoms with E-state index < -0.39 is 21.9 Å². The van der Waals surface area contributed by atoms with Crippen LogP contribution in [0.15, 0.2) is 108 Å². The lowest BCUT2D eigenvalue weighted by atomic mass is 10.3. The van der Waals surface area contributed by atoms with Crippen molar-refractivity contribution in [3.8, 4) is 11.5 Å². The van der Waals surface area contributed by atoms with Crippen LogP contribution in [0, 0.1) is 5.82 Å². The Morgan fingerprint density at radius 1 is 0.706 bits per heavy atom. The van der Waals surface area contributed by atoms with Crippen LogP contribution in [0.4, 0.5) is 26.2 Å². The normalized spacial score (nSPS) is 10.9. The summed E-state index contributed by atoms with van der Waals surface area (Å²) in [6.45, 7) is 0. The average molecular weight is 478 g/mol. The molecule has 0 aliphatic carbocycles. The van der Waals surface area contributed by atoms with Crippen LogP contribution in [0.5, 0.6) is 11.5 Å². The molecule has 0 saturated heterocycles. The Morgan fingerprint density at radius 3 is 2.03 bits per heavy atom. The third-order valence-electron chi connectivity index (χ3n) is 4.63. The standard InChI is InChI=1S/C25H20FN3O4S/c26-18-10-12-20(13-11-18)29-34(31,32)22-16-14-19(15-17-22)27-25(30)28-23-8-4-5-9-24(23)33-21-6-2-1-3-7-21/h1-17,29H,(H2,27,28,30). The molecule has 0 aromatic heterocycles. The number of carbonyl (C=O) groups excluding carboxylic acids is 1. The van der Waals surface area contributed by atoms with E-state index in [1.54, 1.807) is 36.4 Å². The van der Waals surface area contributed by atoms with Crippen molar-refractivity contribution in [2.75, 3.05) is 15.4 Å². The number of para-hydroxylation sites is 3. The highest BCUT2D eigenvalue weighted by Gasteiger charge is 2.15. The Kier molecular flexibility index (Phi) is 6.74. The van der Waals surface area contributed by atoms with Crippen molar-refractivity contribution in [1.29, 1.82) is 0 Å². The van der Waals surface area contributed by atoms with Gasteiger partial charge in [-0.1, -0.05) is 30.3 Å². The molecule has 34 heavy (non-hydrogen) atoms. The van der Waals surface area contributed by atoms with Crippen LogP contribution < -0.4 is 20.1 Å². The lowest BCUT2D eigenvalue weighted by Crippen LogP contribution is -2.20. The molecule has 0 aliphatic rings. The molecule has 2 amide bonds. The van der Waals surface area contributed by atoms with Gasteiger partial charge in [0.05, 0.1) is 10.6 Å². The number of urea groups is 1. The zero-order valence-electron chi connectivity index (χ0n) is 17.7. The topological polar surface area (TPSA) is 96.5 Å². The zero-order valence-corrected chi connectivity index (χ0v) is 18.6. The number of nitrogens with one attached hydrogen (secondary N) is 3. The summed E-state index contributed by atoms with van der Waals surface area (Å²) in [4.78, 5) is 12.5. The van der Waals surface area contributed by atoms with Gasteiger partial charge in [-0.2, -0.15) is 0 Å². The average Bonchev–Trinajstić information content (AvgIpc) is 2.83. The lowest BCUT2D eigenvalue weighted by Gasteiger charge is -2.13. The fraction of sp³-hybridized carbons (Fsp3) is 0. The van der Waals surface area contributed by atoms with Gasteiger partial charge in [0.1, 0.15) is 11.6 Å². The summed E-state index contributed by atoms with van der Waals surface area (Å²) in [6.07, 6.45) is 0. The maximum atomic E-state index is 13.0. The third-order valence-corrected chi connectivity index (χ3v) is 6.02. The number of carbonyl (C=O) groups is 1. The monoisotopic (exact) mass is 477 g/mol. The molecule has 0 unspecified atom stereocenters. The van der Waals surface area contributed by atoms with Crippen LogP contribution in [0.3, 0.4) is 0 Å². The fourth-order valence-corrected chi connectivity index (χ4v) is 4.07. The molecule has 4 aromatic rings. The minimum atomic E-state index is -3.87. The first kappa shape index (κ1) is 22.8. The number of benzene rings is 4. The van der Waals surface area contributed by atoms with E-state index in [4.69, 9.17) is 4.74 Å². The molecule has 0 saturated carbocycles. The lowest BCUT2D eigenvalue weighted by molar-refractivity contribution is 0.262. The Bertz CT molecular complexity index is 1380. The van der Waals surface area contributed by atoms with Crippen LogP contribution in [0.2, 0.25) is 0 Å². The van der Waals surface area contributed by atoms with E-state index in [-0.39, 0.29) is 10.6 Å². The number of anilines is 3. The van der Waals surface area contributed by atoms with E-state index in [9.17, 15) is 17.6 Å². The van der Waals surface area contributed by atoms with E-state index in [1.165, 1.54) is 36.4 Å². The van der Waals surface area contributed by atoms with Crippen LogP contribution in [0.25, 0.3) is 0 Å². The minimum Gasteiger partial charge on any atom is -0.455 e. The van der Waals surface area contributed by atoms with Gasteiger partial charge in [0.15, 0.2) is 5.75 Å². The summed E-state index contributed by atoms with van der Waals surface area (Å²) < 4.78 is 46.3. The molecule has 0 heterocycles. The molecule has 172 valence electrons. The van der Waals surface area contributed by atoms with Crippen LogP contribution in [-0.4, -0.2) is 14.4 Å².